The van der Waals surface area contributed by atoms with Crippen LogP contribution in [0, 0.1) is 0 Å². The van der Waals surface area contributed by atoms with Gasteiger partial charge in [-0.05, 0) is 13.3 Å². The summed E-state index contributed by atoms with van der Waals surface area (Å²) < 4.78 is 17.2. The fourth-order valence-corrected chi connectivity index (χ4v) is 0.718. The Morgan fingerprint density at radius 3 is 2.69 bits per heavy atom. The number of rotatable bonds is 6. The minimum atomic E-state index is -2.14. The third-order valence-electron chi connectivity index (χ3n) is 1.37. The minimum Gasteiger partial charge on any atom is -0.463 e. The summed E-state index contributed by atoms with van der Waals surface area (Å²) in [5, 5.41) is 0. The molecule has 0 saturated carbocycles. The van der Waals surface area contributed by atoms with Crippen molar-refractivity contribution in [3.63, 3.8) is 0 Å². The van der Waals surface area contributed by atoms with E-state index in [-0.39, 0.29) is 13.0 Å². The first kappa shape index (κ1) is 11.8. The molecule has 3 nitrogen and oxygen atoms in total. The van der Waals surface area contributed by atoms with Crippen molar-refractivity contribution < 1.29 is 18.7 Å². The highest BCUT2D eigenvalue weighted by molar-refractivity contribution is 6.01. The summed E-state index contributed by atoms with van der Waals surface area (Å²) in [6, 6.07) is 0. The molecule has 0 aliphatic heterocycles. The van der Waals surface area contributed by atoms with Gasteiger partial charge in [-0.15, -0.1) is 6.58 Å². The van der Waals surface area contributed by atoms with Crippen molar-refractivity contribution in [3.8, 4) is 0 Å². The maximum absolute atomic E-state index is 12.8. The average molecular weight is 188 g/mol. The Morgan fingerprint density at radius 2 is 2.23 bits per heavy atom. The van der Waals surface area contributed by atoms with Crippen LogP contribution in [0.5, 0.6) is 0 Å². The monoisotopic (exact) mass is 188 g/mol. The van der Waals surface area contributed by atoms with Crippen molar-refractivity contribution in [1.82, 2.24) is 0 Å². The largest absolute Gasteiger partial charge is 0.463 e. The van der Waals surface area contributed by atoms with Gasteiger partial charge in [0.2, 0.25) is 0 Å². The molecule has 1 atom stereocenters. The van der Waals surface area contributed by atoms with Crippen LogP contribution in [0.4, 0.5) is 4.39 Å². The van der Waals surface area contributed by atoms with Crippen molar-refractivity contribution in [2.24, 2.45) is 0 Å². The average Bonchev–Trinajstić information content (AvgIpc) is 2.13. The molecular formula is C9H13FO3. The molecule has 0 radical (unpaired) electrons. The Balaban J connectivity index is 3.93. The van der Waals surface area contributed by atoms with E-state index >= 15 is 0 Å². The molecule has 0 saturated heterocycles. The summed E-state index contributed by atoms with van der Waals surface area (Å²) in [6.45, 7) is 5.01. The van der Waals surface area contributed by atoms with Gasteiger partial charge in [0.05, 0.1) is 6.61 Å². The highest BCUT2D eigenvalue weighted by Gasteiger charge is 2.26. The van der Waals surface area contributed by atoms with Crippen LogP contribution in [0.3, 0.4) is 0 Å². The van der Waals surface area contributed by atoms with E-state index in [0.717, 1.165) is 0 Å². The fourth-order valence-electron chi connectivity index (χ4n) is 0.718. The summed E-state index contributed by atoms with van der Waals surface area (Å²) in [6.07, 6.45) is -0.280. The number of carbonyl (C=O) groups excluding carboxylic acids is 2. The molecule has 0 aliphatic carbocycles. The number of ether oxygens (including phenoxy) is 1. The lowest BCUT2D eigenvalue weighted by atomic mass is 10.1. The van der Waals surface area contributed by atoms with Crippen molar-refractivity contribution >= 4 is 11.8 Å². The number of hydrogen-bond acceptors (Lipinski definition) is 3. The van der Waals surface area contributed by atoms with Gasteiger partial charge in [0.25, 0.3) is 6.17 Å². The predicted octanol–water partition coefficient (Wildman–Crippen LogP) is 1.42. The number of halogens is 1. The first-order valence-electron chi connectivity index (χ1n) is 4.07. The van der Waals surface area contributed by atoms with Gasteiger partial charge < -0.3 is 4.74 Å². The second-order valence-electron chi connectivity index (χ2n) is 2.41. The molecule has 0 spiro atoms. The van der Waals surface area contributed by atoms with E-state index in [1.807, 2.05) is 0 Å². The van der Waals surface area contributed by atoms with Crippen molar-refractivity contribution in [2.45, 2.75) is 25.9 Å². The first-order valence-corrected chi connectivity index (χ1v) is 4.07. The molecule has 0 fully saturated rings. The smallest absolute Gasteiger partial charge is 0.348 e. The second kappa shape index (κ2) is 6.34. The van der Waals surface area contributed by atoms with E-state index in [9.17, 15) is 14.0 Å². The lowest BCUT2D eigenvalue weighted by Gasteiger charge is -2.04. The Bertz CT molecular complexity index is 201. The summed E-state index contributed by atoms with van der Waals surface area (Å²) >= 11 is 0. The van der Waals surface area contributed by atoms with Crippen LogP contribution >= 0.6 is 0 Å². The normalized spacial score (nSPS) is 11.8. The molecule has 1 unspecified atom stereocenters. The zero-order chi connectivity index (χ0) is 10.3. The molecule has 0 amide bonds. The molecule has 74 valence electrons. The zero-order valence-corrected chi connectivity index (χ0v) is 7.59. The van der Waals surface area contributed by atoms with Gasteiger partial charge in [-0.1, -0.05) is 6.08 Å². The number of ketones is 1. The lowest BCUT2D eigenvalue weighted by Crippen LogP contribution is -2.27. The minimum absolute atomic E-state index is 0.0104. The number of alkyl halides is 1. The van der Waals surface area contributed by atoms with Crippen molar-refractivity contribution in [1.29, 1.82) is 0 Å². The van der Waals surface area contributed by atoms with Gasteiger partial charge in [0, 0.05) is 6.42 Å². The van der Waals surface area contributed by atoms with Crippen LogP contribution in [-0.4, -0.2) is 24.5 Å². The molecular weight excluding hydrogens is 175 g/mol. The van der Waals surface area contributed by atoms with Crippen LogP contribution < -0.4 is 0 Å². The molecule has 0 N–H and O–H groups in total. The van der Waals surface area contributed by atoms with Gasteiger partial charge in [-0.3, -0.25) is 4.79 Å². The molecule has 0 bridgehead atoms. The van der Waals surface area contributed by atoms with Gasteiger partial charge in [0.1, 0.15) is 0 Å². The summed E-state index contributed by atoms with van der Waals surface area (Å²) in [7, 11) is 0. The fraction of sp³-hybridized carbons (Fsp3) is 0.556. The topological polar surface area (TPSA) is 43.4 Å². The van der Waals surface area contributed by atoms with Gasteiger partial charge >= 0.3 is 5.97 Å². The summed E-state index contributed by atoms with van der Waals surface area (Å²) in [4.78, 5) is 21.6. The van der Waals surface area contributed by atoms with Crippen LogP contribution in [-0.2, 0) is 14.3 Å². The first-order chi connectivity index (χ1) is 6.13. The lowest BCUT2D eigenvalue weighted by molar-refractivity contribution is -0.152. The van der Waals surface area contributed by atoms with Crippen LogP contribution in [0.1, 0.15) is 19.8 Å². The SMILES string of the molecule is C=CCCC(=O)C(F)C(=O)OCC. The van der Waals surface area contributed by atoms with E-state index in [4.69, 9.17) is 0 Å². The second-order valence-corrected chi connectivity index (χ2v) is 2.41. The third-order valence-corrected chi connectivity index (χ3v) is 1.37. The standard InChI is InChI=1S/C9H13FO3/c1-3-5-6-7(11)8(10)9(12)13-4-2/h3,8H,1,4-6H2,2H3. The Morgan fingerprint density at radius 1 is 1.62 bits per heavy atom. The maximum atomic E-state index is 12.8. The summed E-state index contributed by atoms with van der Waals surface area (Å²) in [5.74, 6) is -1.85. The Hall–Kier alpha value is -1.19. The predicted molar refractivity (Wildman–Crippen MR) is 46.0 cm³/mol. The van der Waals surface area contributed by atoms with Gasteiger partial charge in [0.15, 0.2) is 5.78 Å². The van der Waals surface area contributed by atoms with E-state index in [0.29, 0.717) is 6.42 Å². The van der Waals surface area contributed by atoms with E-state index in [2.05, 4.69) is 11.3 Å². The van der Waals surface area contributed by atoms with E-state index < -0.39 is 17.9 Å². The number of carbonyl (C=O) groups is 2. The third kappa shape index (κ3) is 4.40. The quantitative estimate of drug-likeness (QED) is 0.359. The van der Waals surface area contributed by atoms with Crippen LogP contribution in [0.15, 0.2) is 12.7 Å². The number of allylic oxidation sites excluding steroid dienone is 1. The van der Waals surface area contributed by atoms with E-state index in [1.165, 1.54) is 6.08 Å². The Labute approximate surface area is 76.6 Å². The molecule has 0 aliphatic rings. The Kier molecular flexibility index (Phi) is 5.76. The van der Waals surface area contributed by atoms with Crippen molar-refractivity contribution in [2.75, 3.05) is 6.61 Å². The molecule has 13 heavy (non-hydrogen) atoms. The van der Waals surface area contributed by atoms with Crippen molar-refractivity contribution in [3.05, 3.63) is 12.7 Å². The maximum Gasteiger partial charge on any atom is 0.348 e. The van der Waals surface area contributed by atoms with E-state index in [1.54, 1.807) is 6.92 Å². The molecule has 0 aromatic rings. The molecule has 0 heterocycles. The highest BCUT2D eigenvalue weighted by atomic mass is 19.1. The molecule has 4 heteroatoms. The van der Waals surface area contributed by atoms with Gasteiger partial charge in [-0.25, -0.2) is 9.18 Å². The zero-order valence-electron chi connectivity index (χ0n) is 7.59. The molecule has 0 aromatic carbocycles. The number of Topliss-reactive ketones (excluding diaryl/α,β-unsaturated/α-hetero) is 1. The van der Waals surface area contributed by atoms with Crippen LogP contribution in [0.25, 0.3) is 0 Å². The van der Waals surface area contributed by atoms with Crippen LogP contribution in [0.2, 0.25) is 0 Å². The molecule has 0 aromatic heterocycles. The van der Waals surface area contributed by atoms with Gasteiger partial charge in [-0.2, -0.15) is 0 Å². The number of esters is 1. The highest BCUT2D eigenvalue weighted by Crippen LogP contribution is 2.03. The molecule has 0 rings (SSSR count). The summed E-state index contributed by atoms with van der Waals surface area (Å²) in [5.41, 5.74) is 0. The number of hydrogen-bond donors (Lipinski definition) is 0.